The molecule has 1 aromatic rings. The van der Waals surface area contributed by atoms with Gasteiger partial charge in [-0.1, -0.05) is 30.7 Å². The van der Waals surface area contributed by atoms with E-state index >= 15 is 0 Å². The van der Waals surface area contributed by atoms with Crippen LogP contribution in [0.1, 0.15) is 25.5 Å². The molecule has 0 saturated heterocycles. The van der Waals surface area contributed by atoms with Crippen LogP contribution in [-0.2, 0) is 4.79 Å². The number of benzene rings is 1. The molecule has 1 rings (SSSR count). The van der Waals surface area contributed by atoms with Gasteiger partial charge >= 0.3 is 0 Å². The van der Waals surface area contributed by atoms with Gasteiger partial charge in [-0.25, -0.2) is 0 Å². The van der Waals surface area contributed by atoms with E-state index < -0.39 is 0 Å². The third-order valence-corrected chi connectivity index (χ3v) is 3.46. The van der Waals surface area contributed by atoms with E-state index in [0.717, 1.165) is 5.56 Å². The highest BCUT2D eigenvalue weighted by Gasteiger charge is 2.21. The van der Waals surface area contributed by atoms with Gasteiger partial charge in [-0.3, -0.25) is 4.79 Å². The second kappa shape index (κ2) is 8.41. The average molecular weight is 305 g/mol. The molecule has 5 heteroatoms. The first kappa shape index (κ1) is 18.2. The van der Waals surface area contributed by atoms with E-state index in [9.17, 15) is 4.79 Å². The van der Waals surface area contributed by atoms with Crippen LogP contribution in [0.2, 0.25) is 5.02 Å². The predicted molar refractivity (Wildman–Crippen MR) is 83.0 cm³/mol. The second-order valence-electron chi connectivity index (χ2n) is 4.64. The molecule has 2 unspecified atom stereocenters. The summed E-state index contributed by atoms with van der Waals surface area (Å²) in [7, 11) is 3.69. The van der Waals surface area contributed by atoms with Gasteiger partial charge in [0.1, 0.15) is 0 Å². The number of carbonyl (C=O) groups is 1. The van der Waals surface area contributed by atoms with Crippen molar-refractivity contribution in [1.82, 2.24) is 10.2 Å². The van der Waals surface area contributed by atoms with Crippen LogP contribution >= 0.6 is 24.0 Å². The highest BCUT2D eigenvalue weighted by molar-refractivity contribution is 6.30. The van der Waals surface area contributed by atoms with Crippen molar-refractivity contribution in [3.63, 3.8) is 0 Å². The summed E-state index contributed by atoms with van der Waals surface area (Å²) in [5, 5.41) is 3.74. The minimum Gasteiger partial charge on any atom is -0.339 e. The van der Waals surface area contributed by atoms with Crippen molar-refractivity contribution in [3.05, 3.63) is 34.9 Å². The van der Waals surface area contributed by atoms with Crippen LogP contribution < -0.4 is 5.32 Å². The van der Waals surface area contributed by atoms with E-state index in [1.165, 1.54) is 0 Å². The molecule has 0 heterocycles. The van der Waals surface area contributed by atoms with E-state index in [-0.39, 0.29) is 30.3 Å². The van der Waals surface area contributed by atoms with E-state index in [2.05, 4.69) is 5.32 Å². The highest BCUT2D eigenvalue weighted by Crippen LogP contribution is 2.22. The maximum atomic E-state index is 12.2. The molecule has 0 aliphatic rings. The Bertz CT molecular complexity index is 395. The van der Waals surface area contributed by atoms with E-state index in [0.29, 0.717) is 11.6 Å². The zero-order valence-corrected chi connectivity index (χ0v) is 13.4. The molecule has 0 fully saturated rings. The van der Waals surface area contributed by atoms with Crippen molar-refractivity contribution in [1.29, 1.82) is 0 Å². The number of hydrogen-bond donors (Lipinski definition) is 1. The van der Waals surface area contributed by atoms with Crippen molar-refractivity contribution in [2.75, 3.05) is 20.6 Å². The average Bonchev–Trinajstić information content (AvgIpc) is 2.37. The zero-order valence-electron chi connectivity index (χ0n) is 11.8. The van der Waals surface area contributed by atoms with Gasteiger partial charge in [-0.15, -0.1) is 12.4 Å². The van der Waals surface area contributed by atoms with Crippen molar-refractivity contribution >= 4 is 29.9 Å². The molecule has 19 heavy (non-hydrogen) atoms. The summed E-state index contributed by atoms with van der Waals surface area (Å²) < 4.78 is 0. The quantitative estimate of drug-likeness (QED) is 0.906. The summed E-state index contributed by atoms with van der Waals surface area (Å²) in [4.78, 5) is 14.0. The lowest BCUT2D eigenvalue weighted by molar-refractivity contribution is -0.135. The lowest BCUT2D eigenvalue weighted by Gasteiger charge is -2.28. The van der Waals surface area contributed by atoms with Crippen LogP contribution in [0.25, 0.3) is 0 Å². The van der Waals surface area contributed by atoms with E-state index in [1.807, 2.05) is 52.2 Å². The number of rotatable bonds is 5. The lowest BCUT2D eigenvalue weighted by atomic mass is 10.0. The number of halogens is 2. The number of hydrogen-bond acceptors (Lipinski definition) is 2. The first-order chi connectivity index (χ1) is 8.47. The molecule has 0 bridgehead atoms. The smallest absolute Gasteiger partial charge is 0.226 e. The molecule has 0 aliphatic carbocycles. The minimum atomic E-state index is -0.0187. The fraction of sp³-hybridized carbons (Fsp3) is 0.500. The Balaban J connectivity index is 0.00000324. The van der Waals surface area contributed by atoms with Gasteiger partial charge in [0.05, 0.1) is 6.04 Å². The SMILES string of the molecule is CNCC(C)C(=O)N(C)C(C)c1ccc(Cl)cc1.Cl. The molecule has 1 N–H and O–H groups in total. The van der Waals surface area contributed by atoms with Crippen LogP contribution in [0, 0.1) is 5.92 Å². The Morgan fingerprint density at radius 2 is 1.84 bits per heavy atom. The Labute approximate surface area is 126 Å². The Hall–Kier alpha value is -0.770. The topological polar surface area (TPSA) is 32.3 Å². The Morgan fingerprint density at radius 1 is 1.32 bits per heavy atom. The first-order valence-corrected chi connectivity index (χ1v) is 6.52. The van der Waals surface area contributed by atoms with Crippen LogP contribution in [0.5, 0.6) is 0 Å². The number of amides is 1. The van der Waals surface area contributed by atoms with Gasteiger partial charge in [-0.2, -0.15) is 0 Å². The molecule has 0 radical (unpaired) electrons. The van der Waals surface area contributed by atoms with E-state index in [4.69, 9.17) is 11.6 Å². The van der Waals surface area contributed by atoms with Gasteiger partial charge in [0.25, 0.3) is 0 Å². The van der Waals surface area contributed by atoms with Crippen LogP contribution in [0.15, 0.2) is 24.3 Å². The zero-order chi connectivity index (χ0) is 13.7. The van der Waals surface area contributed by atoms with Crippen LogP contribution in [-0.4, -0.2) is 31.4 Å². The van der Waals surface area contributed by atoms with Gasteiger partial charge < -0.3 is 10.2 Å². The Morgan fingerprint density at radius 3 is 2.32 bits per heavy atom. The van der Waals surface area contributed by atoms with Crippen LogP contribution in [0.3, 0.4) is 0 Å². The second-order valence-corrected chi connectivity index (χ2v) is 5.07. The molecule has 1 aromatic carbocycles. The lowest BCUT2D eigenvalue weighted by Crippen LogP contribution is -2.37. The van der Waals surface area contributed by atoms with Crippen molar-refractivity contribution in [2.45, 2.75) is 19.9 Å². The van der Waals surface area contributed by atoms with Gasteiger partial charge in [-0.05, 0) is 31.7 Å². The maximum Gasteiger partial charge on any atom is 0.226 e. The van der Waals surface area contributed by atoms with Crippen molar-refractivity contribution < 1.29 is 4.79 Å². The van der Waals surface area contributed by atoms with Crippen LogP contribution in [0.4, 0.5) is 0 Å². The molecular weight excluding hydrogens is 283 g/mol. The third kappa shape index (κ3) is 5.01. The molecule has 0 saturated carbocycles. The molecule has 3 nitrogen and oxygen atoms in total. The fourth-order valence-corrected chi connectivity index (χ4v) is 2.02. The van der Waals surface area contributed by atoms with Gasteiger partial charge in [0, 0.05) is 24.5 Å². The summed E-state index contributed by atoms with van der Waals surface area (Å²) in [5.74, 6) is 0.126. The largest absolute Gasteiger partial charge is 0.339 e. The normalized spacial score (nSPS) is 13.3. The van der Waals surface area contributed by atoms with Crippen molar-refractivity contribution in [2.24, 2.45) is 5.92 Å². The molecule has 2 atom stereocenters. The summed E-state index contributed by atoms with van der Waals surface area (Å²) in [6.45, 7) is 4.65. The standard InChI is InChI=1S/C14H21ClN2O.ClH/c1-10(9-16-3)14(18)17(4)11(2)12-5-7-13(15)8-6-12;/h5-8,10-11,16H,9H2,1-4H3;1H. The number of carbonyl (C=O) groups excluding carboxylic acids is 1. The summed E-state index contributed by atoms with van der Waals surface area (Å²) in [6.07, 6.45) is 0. The molecular formula is C14H22Cl2N2O. The first-order valence-electron chi connectivity index (χ1n) is 6.14. The summed E-state index contributed by atoms with van der Waals surface area (Å²) in [6, 6.07) is 7.67. The molecule has 0 aliphatic heterocycles. The Kier molecular flexibility index (Phi) is 8.07. The minimum absolute atomic E-state index is 0. The third-order valence-electron chi connectivity index (χ3n) is 3.21. The number of nitrogens with one attached hydrogen (secondary N) is 1. The van der Waals surface area contributed by atoms with Gasteiger partial charge in [0.15, 0.2) is 0 Å². The summed E-state index contributed by atoms with van der Waals surface area (Å²) in [5.41, 5.74) is 1.09. The fourth-order valence-electron chi connectivity index (χ4n) is 1.90. The monoisotopic (exact) mass is 304 g/mol. The predicted octanol–water partition coefficient (Wildman–Crippen LogP) is 3.14. The maximum absolute atomic E-state index is 12.2. The molecule has 108 valence electrons. The van der Waals surface area contributed by atoms with Crippen molar-refractivity contribution in [3.8, 4) is 0 Å². The molecule has 0 aromatic heterocycles. The summed E-state index contributed by atoms with van der Waals surface area (Å²) >= 11 is 5.86. The van der Waals surface area contributed by atoms with Gasteiger partial charge in [0.2, 0.25) is 5.91 Å². The number of nitrogens with zero attached hydrogens (tertiary/aromatic N) is 1. The molecule has 1 amide bonds. The van der Waals surface area contributed by atoms with E-state index in [1.54, 1.807) is 4.90 Å². The molecule has 0 spiro atoms. The highest BCUT2D eigenvalue weighted by atomic mass is 35.5.